The molecule has 6 nitrogen and oxygen atoms in total. The van der Waals surface area contributed by atoms with Gasteiger partial charge in [-0.05, 0) is 49.6 Å². The quantitative estimate of drug-likeness (QED) is 0.182. The van der Waals surface area contributed by atoms with Crippen LogP contribution in [0.1, 0.15) is 46.4 Å². The van der Waals surface area contributed by atoms with E-state index < -0.39 is 17.5 Å². The third-order valence-corrected chi connectivity index (χ3v) is 6.47. The minimum Gasteiger partial charge on any atom is -0.476 e. The predicted molar refractivity (Wildman–Crippen MR) is 143 cm³/mol. The van der Waals surface area contributed by atoms with Gasteiger partial charge >= 0.3 is 6.18 Å². The lowest BCUT2D eigenvalue weighted by Gasteiger charge is -2.30. The number of carbonyl (C=O) groups is 1. The summed E-state index contributed by atoms with van der Waals surface area (Å²) in [5, 5.41) is 0. The van der Waals surface area contributed by atoms with Gasteiger partial charge in [-0.2, -0.15) is 13.2 Å². The summed E-state index contributed by atoms with van der Waals surface area (Å²) in [6.45, 7) is 4.94. The third kappa shape index (κ3) is 7.36. The zero-order chi connectivity index (χ0) is 27.8. The second kappa shape index (κ2) is 12.8. The molecule has 4 rings (SSSR count). The van der Waals surface area contributed by atoms with E-state index >= 15 is 0 Å². The van der Waals surface area contributed by atoms with Gasteiger partial charge in [0.15, 0.2) is 5.78 Å². The van der Waals surface area contributed by atoms with Crippen molar-refractivity contribution in [1.82, 2.24) is 9.97 Å². The Morgan fingerprint density at radius 1 is 1.13 bits per heavy atom. The number of ketones is 1. The van der Waals surface area contributed by atoms with Gasteiger partial charge in [-0.15, -0.1) is 12.3 Å². The summed E-state index contributed by atoms with van der Waals surface area (Å²) < 4.78 is 50.8. The Kier molecular flexibility index (Phi) is 9.20. The fraction of sp³-hybridized carbons (Fsp3) is 0.367. The molecule has 39 heavy (non-hydrogen) atoms. The SMILES string of the molecule is C#CCCCCOc1ncc(-c2cc(CC(=O)c3cccc(C(F)(F)F)c3)cnc2C)cc1N1CCOCC1. The van der Waals surface area contributed by atoms with Gasteiger partial charge in [0.2, 0.25) is 5.88 Å². The maximum Gasteiger partial charge on any atom is 0.416 e. The van der Waals surface area contributed by atoms with Gasteiger partial charge in [0.05, 0.1) is 25.4 Å². The molecule has 1 fully saturated rings. The number of hydrogen-bond acceptors (Lipinski definition) is 6. The number of aryl methyl sites for hydroxylation is 1. The van der Waals surface area contributed by atoms with Crippen LogP contribution in [0.25, 0.3) is 11.1 Å². The fourth-order valence-electron chi connectivity index (χ4n) is 4.35. The van der Waals surface area contributed by atoms with Crippen LogP contribution in [0.15, 0.2) is 48.8 Å². The van der Waals surface area contributed by atoms with E-state index in [0.717, 1.165) is 47.5 Å². The Hall–Kier alpha value is -3.90. The van der Waals surface area contributed by atoms with Crippen molar-refractivity contribution in [3.05, 3.63) is 71.2 Å². The number of morpholine rings is 1. The maximum atomic E-state index is 13.1. The van der Waals surface area contributed by atoms with Crippen molar-refractivity contribution in [2.24, 2.45) is 0 Å². The van der Waals surface area contributed by atoms with Crippen LogP contribution in [0.3, 0.4) is 0 Å². The molecule has 204 valence electrons. The van der Waals surface area contributed by atoms with E-state index in [9.17, 15) is 18.0 Å². The Bertz CT molecular complexity index is 1350. The highest BCUT2D eigenvalue weighted by Gasteiger charge is 2.31. The number of pyridine rings is 2. The van der Waals surface area contributed by atoms with Crippen LogP contribution in [0.5, 0.6) is 5.88 Å². The van der Waals surface area contributed by atoms with Crippen molar-refractivity contribution < 1.29 is 27.4 Å². The van der Waals surface area contributed by atoms with Crippen molar-refractivity contribution in [2.75, 3.05) is 37.8 Å². The highest BCUT2D eigenvalue weighted by molar-refractivity contribution is 5.97. The second-order valence-corrected chi connectivity index (χ2v) is 9.31. The topological polar surface area (TPSA) is 64.5 Å². The Labute approximate surface area is 226 Å². The summed E-state index contributed by atoms with van der Waals surface area (Å²) in [7, 11) is 0. The van der Waals surface area contributed by atoms with Gasteiger partial charge in [-0.1, -0.05) is 12.1 Å². The average Bonchev–Trinajstić information content (AvgIpc) is 2.94. The zero-order valence-corrected chi connectivity index (χ0v) is 21.8. The largest absolute Gasteiger partial charge is 0.476 e. The lowest BCUT2D eigenvalue weighted by molar-refractivity contribution is -0.137. The van der Waals surface area contributed by atoms with Crippen molar-refractivity contribution in [1.29, 1.82) is 0 Å². The van der Waals surface area contributed by atoms with E-state index in [0.29, 0.717) is 50.8 Å². The first kappa shape index (κ1) is 28.1. The molecular formula is C30H30F3N3O3. The predicted octanol–water partition coefficient (Wildman–Crippen LogP) is 5.92. The first-order chi connectivity index (χ1) is 18.8. The molecule has 1 saturated heterocycles. The number of hydrogen-bond donors (Lipinski definition) is 0. The van der Waals surface area contributed by atoms with E-state index in [1.54, 1.807) is 12.4 Å². The molecule has 0 unspecified atom stereocenters. The highest BCUT2D eigenvalue weighted by atomic mass is 19.4. The third-order valence-electron chi connectivity index (χ3n) is 6.47. The van der Waals surface area contributed by atoms with Gasteiger partial charge in [0.1, 0.15) is 5.69 Å². The van der Waals surface area contributed by atoms with Crippen LogP contribution in [0, 0.1) is 19.3 Å². The number of halogens is 3. The number of terminal acetylenes is 1. The van der Waals surface area contributed by atoms with Crippen molar-refractivity contribution in [3.63, 3.8) is 0 Å². The fourth-order valence-corrected chi connectivity index (χ4v) is 4.35. The smallest absolute Gasteiger partial charge is 0.416 e. The standard InChI is InChI=1S/C30H30F3N3O3/c1-3-4-5-6-12-39-29-27(36-10-13-38-14-11-36)18-24(20-35-29)26-15-22(19-34-21(26)2)16-28(37)23-8-7-9-25(17-23)30(31,32)33/h1,7-9,15,17-20H,4-6,10-14,16H2,2H3. The summed E-state index contributed by atoms with van der Waals surface area (Å²) >= 11 is 0. The molecule has 0 N–H and O–H groups in total. The molecule has 0 amide bonds. The van der Waals surface area contributed by atoms with Crippen molar-refractivity contribution in [3.8, 4) is 29.4 Å². The number of Topliss-reactive ketones (excluding diaryl/α,β-unsaturated/α-hetero) is 1. The number of benzene rings is 1. The molecule has 3 heterocycles. The Morgan fingerprint density at radius 3 is 2.67 bits per heavy atom. The lowest BCUT2D eigenvalue weighted by Crippen LogP contribution is -2.36. The summed E-state index contributed by atoms with van der Waals surface area (Å²) in [4.78, 5) is 24.1. The van der Waals surface area contributed by atoms with Crippen LogP contribution < -0.4 is 9.64 Å². The Balaban J connectivity index is 1.58. The average molecular weight is 538 g/mol. The number of unbranched alkanes of at least 4 members (excludes halogenated alkanes) is 2. The van der Waals surface area contributed by atoms with E-state index in [-0.39, 0.29) is 12.0 Å². The van der Waals surface area contributed by atoms with Gasteiger partial charge in [0.25, 0.3) is 0 Å². The van der Waals surface area contributed by atoms with E-state index in [1.807, 2.05) is 19.1 Å². The van der Waals surface area contributed by atoms with Gasteiger partial charge < -0.3 is 14.4 Å². The monoisotopic (exact) mass is 537 g/mol. The van der Waals surface area contributed by atoms with Crippen LogP contribution in [-0.2, 0) is 17.3 Å². The van der Waals surface area contributed by atoms with Crippen molar-refractivity contribution >= 4 is 11.5 Å². The van der Waals surface area contributed by atoms with Crippen LogP contribution in [0.4, 0.5) is 18.9 Å². The molecule has 0 aliphatic carbocycles. The first-order valence-corrected chi connectivity index (χ1v) is 12.8. The second-order valence-electron chi connectivity index (χ2n) is 9.31. The zero-order valence-electron chi connectivity index (χ0n) is 21.8. The van der Waals surface area contributed by atoms with Gasteiger partial charge in [-0.3, -0.25) is 9.78 Å². The molecule has 0 atom stereocenters. The number of nitrogens with zero attached hydrogens (tertiary/aromatic N) is 3. The van der Waals surface area contributed by atoms with Gasteiger partial charge in [0, 0.05) is 60.7 Å². The van der Waals surface area contributed by atoms with E-state index in [4.69, 9.17) is 15.9 Å². The molecule has 0 bridgehead atoms. The molecule has 1 aliphatic heterocycles. The number of carbonyl (C=O) groups excluding carboxylic acids is 1. The minimum absolute atomic E-state index is 0.00645. The lowest BCUT2D eigenvalue weighted by atomic mass is 9.98. The van der Waals surface area contributed by atoms with E-state index in [1.165, 1.54) is 12.1 Å². The molecule has 0 spiro atoms. The van der Waals surface area contributed by atoms with Crippen LogP contribution in [-0.4, -0.2) is 48.7 Å². The number of rotatable bonds is 10. The number of aromatic nitrogens is 2. The first-order valence-electron chi connectivity index (χ1n) is 12.8. The number of anilines is 1. The summed E-state index contributed by atoms with van der Waals surface area (Å²) in [6.07, 6.45) is 6.42. The molecule has 1 aromatic carbocycles. The molecule has 3 aromatic rings. The molecule has 1 aliphatic rings. The Morgan fingerprint density at radius 2 is 1.92 bits per heavy atom. The summed E-state index contributed by atoms with van der Waals surface area (Å²) in [5.74, 6) is 2.74. The summed E-state index contributed by atoms with van der Waals surface area (Å²) in [5.41, 5.74) is 2.92. The van der Waals surface area contributed by atoms with Crippen LogP contribution in [0.2, 0.25) is 0 Å². The minimum atomic E-state index is -4.52. The van der Waals surface area contributed by atoms with E-state index in [2.05, 4.69) is 20.8 Å². The molecule has 0 saturated carbocycles. The maximum absolute atomic E-state index is 13.1. The summed E-state index contributed by atoms with van der Waals surface area (Å²) in [6, 6.07) is 8.31. The molecule has 9 heteroatoms. The molecule has 2 aromatic heterocycles. The molecule has 0 radical (unpaired) electrons. The van der Waals surface area contributed by atoms with Crippen LogP contribution >= 0.6 is 0 Å². The van der Waals surface area contributed by atoms with Crippen molar-refractivity contribution in [2.45, 2.75) is 38.8 Å². The number of alkyl halides is 3. The van der Waals surface area contributed by atoms with Gasteiger partial charge in [-0.25, -0.2) is 4.98 Å². The molecular weight excluding hydrogens is 507 g/mol. The normalized spacial score (nSPS) is 13.7. The number of ether oxygens (including phenoxy) is 2. The highest BCUT2D eigenvalue weighted by Crippen LogP contribution is 2.34.